The number of allylic oxidation sites excluding steroid dienone is 1. The molecule has 3 rings (SSSR count). The van der Waals surface area contributed by atoms with E-state index in [1.807, 2.05) is 0 Å². The smallest absolute Gasteiger partial charge is 0.346 e. The van der Waals surface area contributed by atoms with Crippen LogP contribution in [0.2, 0.25) is 5.02 Å². The highest BCUT2D eigenvalue weighted by Crippen LogP contribution is 2.22. The molecule has 0 amide bonds. The highest BCUT2D eigenvalue weighted by molar-refractivity contribution is 6.30. The first-order chi connectivity index (χ1) is 13.1. The first-order valence-corrected chi connectivity index (χ1v) is 8.39. The minimum absolute atomic E-state index is 0.141. The number of nitriles is 1. The Balaban J connectivity index is 1.85. The van der Waals surface area contributed by atoms with Crippen molar-refractivity contribution in [2.75, 3.05) is 0 Å². The van der Waals surface area contributed by atoms with E-state index in [0.717, 1.165) is 5.56 Å². The third-order valence-electron chi connectivity index (χ3n) is 3.75. The summed E-state index contributed by atoms with van der Waals surface area (Å²) in [6, 6.07) is 21.3. The summed E-state index contributed by atoms with van der Waals surface area (Å²) in [6.45, 7) is 0. The fraction of sp³-hybridized carbons (Fsp3) is 0. The van der Waals surface area contributed by atoms with Crippen LogP contribution in [0.4, 0.5) is 4.39 Å². The summed E-state index contributed by atoms with van der Waals surface area (Å²) < 4.78 is 19.0. The zero-order valence-corrected chi connectivity index (χ0v) is 14.8. The van der Waals surface area contributed by atoms with E-state index < -0.39 is 11.8 Å². The average Bonchev–Trinajstić information content (AvgIpc) is 2.67. The second-order valence-corrected chi connectivity index (χ2v) is 6.06. The molecule has 0 saturated carbocycles. The van der Waals surface area contributed by atoms with Crippen molar-refractivity contribution in [3.63, 3.8) is 0 Å². The van der Waals surface area contributed by atoms with E-state index in [1.54, 1.807) is 60.7 Å². The molecular weight excluding hydrogens is 365 g/mol. The molecule has 27 heavy (non-hydrogen) atoms. The van der Waals surface area contributed by atoms with Crippen LogP contribution in [0, 0.1) is 17.1 Å². The molecule has 0 unspecified atom stereocenters. The normalized spacial score (nSPS) is 10.9. The minimum Gasteiger partial charge on any atom is -0.423 e. The second kappa shape index (κ2) is 8.31. The van der Waals surface area contributed by atoms with Gasteiger partial charge in [-0.1, -0.05) is 48.0 Å². The van der Waals surface area contributed by atoms with Gasteiger partial charge in [0.1, 0.15) is 11.6 Å². The molecule has 3 aromatic rings. The van der Waals surface area contributed by atoms with Crippen LogP contribution >= 0.6 is 11.6 Å². The molecule has 0 aliphatic carbocycles. The van der Waals surface area contributed by atoms with E-state index >= 15 is 0 Å². The molecule has 0 aliphatic heterocycles. The second-order valence-electron chi connectivity index (χ2n) is 5.62. The number of esters is 1. The lowest BCUT2D eigenvalue weighted by Gasteiger charge is -2.06. The van der Waals surface area contributed by atoms with Crippen molar-refractivity contribution in [3.05, 3.63) is 100 Å². The largest absolute Gasteiger partial charge is 0.423 e. The maximum atomic E-state index is 13.7. The molecule has 0 saturated heterocycles. The molecular formula is C22H13ClFNO2. The van der Waals surface area contributed by atoms with Gasteiger partial charge in [0.2, 0.25) is 0 Å². The standard InChI is InChI=1S/C22H13ClFNO2/c23-18-10-8-16(9-11-18)17(14-25)12-15-4-3-5-19(13-15)27-22(26)20-6-1-2-7-21(20)24/h1-13H/b17-12-. The highest BCUT2D eigenvalue weighted by Gasteiger charge is 2.13. The average molecular weight is 378 g/mol. The maximum absolute atomic E-state index is 13.7. The van der Waals surface area contributed by atoms with Gasteiger partial charge in [0.05, 0.1) is 17.2 Å². The Morgan fingerprint density at radius 2 is 1.78 bits per heavy atom. The molecule has 0 spiro atoms. The molecule has 0 bridgehead atoms. The quantitative estimate of drug-likeness (QED) is 0.251. The molecule has 0 aliphatic rings. The predicted octanol–water partition coefficient (Wildman–Crippen LogP) is 5.76. The number of benzene rings is 3. The Bertz CT molecular complexity index is 1050. The van der Waals surface area contributed by atoms with Crippen LogP contribution in [-0.2, 0) is 0 Å². The monoisotopic (exact) mass is 377 g/mol. The van der Waals surface area contributed by atoms with Crippen LogP contribution in [0.15, 0.2) is 72.8 Å². The van der Waals surface area contributed by atoms with Crippen LogP contribution in [0.1, 0.15) is 21.5 Å². The van der Waals surface area contributed by atoms with Crippen molar-refractivity contribution < 1.29 is 13.9 Å². The summed E-state index contributed by atoms with van der Waals surface area (Å²) in [5.74, 6) is -1.18. The molecule has 0 aromatic heterocycles. The number of hydrogen-bond acceptors (Lipinski definition) is 3. The third-order valence-corrected chi connectivity index (χ3v) is 4.00. The molecule has 132 valence electrons. The molecule has 0 atom stereocenters. The summed E-state index contributed by atoms with van der Waals surface area (Å²) in [7, 11) is 0. The van der Waals surface area contributed by atoms with Gasteiger partial charge in [0, 0.05) is 5.02 Å². The highest BCUT2D eigenvalue weighted by atomic mass is 35.5. The fourth-order valence-corrected chi connectivity index (χ4v) is 2.56. The Labute approximate surface area is 160 Å². The van der Waals surface area contributed by atoms with Crippen LogP contribution < -0.4 is 4.74 Å². The number of carbonyl (C=O) groups is 1. The van der Waals surface area contributed by atoms with Crippen LogP contribution in [0.25, 0.3) is 11.6 Å². The van der Waals surface area contributed by atoms with Gasteiger partial charge in [-0.25, -0.2) is 9.18 Å². The van der Waals surface area contributed by atoms with Crippen molar-refractivity contribution in [1.82, 2.24) is 0 Å². The van der Waals surface area contributed by atoms with E-state index in [1.165, 1.54) is 18.2 Å². The Hall–Kier alpha value is -3.42. The van der Waals surface area contributed by atoms with Crippen molar-refractivity contribution >= 4 is 29.2 Å². The first kappa shape index (κ1) is 18.4. The zero-order chi connectivity index (χ0) is 19.2. The van der Waals surface area contributed by atoms with Crippen molar-refractivity contribution in [3.8, 4) is 11.8 Å². The van der Waals surface area contributed by atoms with Gasteiger partial charge in [-0.15, -0.1) is 0 Å². The maximum Gasteiger partial charge on any atom is 0.346 e. The Kier molecular flexibility index (Phi) is 5.65. The van der Waals surface area contributed by atoms with E-state index in [2.05, 4.69) is 6.07 Å². The van der Waals surface area contributed by atoms with Crippen molar-refractivity contribution in [1.29, 1.82) is 5.26 Å². The SMILES string of the molecule is N#C/C(=C/c1cccc(OC(=O)c2ccccc2F)c1)c1ccc(Cl)cc1. The zero-order valence-electron chi connectivity index (χ0n) is 14.0. The molecule has 0 radical (unpaired) electrons. The molecule has 0 fully saturated rings. The van der Waals surface area contributed by atoms with Gasteiger partial charge >= 0.3 is 5.97 Å². The molecule has 3 aromatic carbocycles. The summed E-state index contributed by atoms with van der Waals surface area (Å²) in [6.07, 6.45) is 1.67. The van der Waals surface area contributed by atoms with Gasteiger partial charge in [0.25, 0.3) is 0 Å². The van der Waals surface area contributed by atoms with Crippen LogP contribution in [0.3, 0.4) is 0 Å². The number of rotatable bonds is 4. The number of carbonyl (C=O) groups excluding carboxylic acids is 1. The lowest BCUT2D eigenvalue weighted by Crippen LogP contribution is -2.10. The Morgan fingerprint density at radius 1 is 1.04 bits per heavy atom. The van der Waals surface area contributed by atoms with Gasteiger partial charge in [-0.2, -0.15) is 5.26 Å². The van der Waals surface area contributed by atoms with Gasteiger partial charge in [-0.05, 0) is 53.6 Å². The first-order valence-electron chi connectivity index (χ1n) is 8.01. The number of ether oxygens (including phenoxy) is 1. The molecule has 5 heteroatoms. The molecule has 0 heterocycles. The summed E-state index contributed by atoms with van der Waals surface area (Å²) in [5, 5.41) is 10.0. The van der Waals surface area contributed by atoms with E-state index in [9.17, 15) is 14.4 Å². The number of halogens is 2. The van der Waals surface area contributed by atoms with E-state index in [0.29, 0.717) is 16.2 Å². The van der Waals surface area contributed by atoms with Gasteiger partial charge in [0.15, 0.2) is 0 Å². The third kappa shape index (κ3) is 4.60. The minimum atomic E-state index is -0.785. The van der Waals surface area contributed by atoms with E-state index in [4.69, 9.17) is 16.3 Å². The van der Waals surface area contributed by atoms with E-state index in [-0.39, 0.29) is 11.3 Å². The predicted molar refractivity (Wildman–Crippen MR) is 103 cm³/mol. The van der Waals surface area contributed by atoms with Crippen LogP contribution in [-0.4, -0.2) is 5.97 Å². The summed E-state index contributed by atoms with van der Waals surface area (Å²) in [4.78, 5) is 12.1. The number of hydrogen-bond donors (Lipinski definition) is 0. The van der Waals surface area contributed by atoms with Gasteiger partial charge < -0.3 is 4.74 Å². The lowest BCUT2D eigenvalue weighted by atomic mass is 10.0. The van der Waals surface area contributed by atoms with Crippen molar-refractivity contribution in [2.45, 2.75) is 0 Å². The molecule has 0 N–H and O–H groups in total. The fourth-order valence-electron chi connectivity index (χ4n) is 2.43. The number of nitrogens with zero attached hydrogens (tertiary/aromatic N) is 1. The molecule has 3 nitrogen and oxygen atoms in total. The van der Waals surface area contributed by atoms with Gasteiger partial charge in [-0.3, -0.25) is 0 Å². The van der Waals surface area contributed by atoms with Crippen molar-refractivity contribution in [2.24, 2.45) is 0 Å². The van der Waals surface area contributed by atoms with Crippen LogP contribution in [0.5, 0.6) is 5.75 Å². The lowest BCUT2D eigenvalue weighted by molar-refractivity contribution is 0.0730. The topological polar surface area (TPSA) is 50.1 Å². The summed E-state index contributed by atoms with van der Waals surface area (Å²) >= 11 is 5.87. The Morgan fingerprint density at radius 3 is 2.48 bits per heavy atom. The summed E-state index contributed by atoms with van der Waals surface area (Å²) in [5.41, 5.74) is 1.68.